The van der Waals surface area contributed by atoms with E-state index in [2.05, 4.69) is 5.32 Å². The zero-order valence-corrected chi connectivity index (χ0v) is 15.4. The third-order valence-electron chi connectivity index (χ3n) is 3.55. The number of hydrogen-bond acceptors (Lipinski definition) is 7. The Balaban J connectivity index is 2.48. The van der Waals surface area contributed by atoms with E-state index >= 15 is 0 Å². The highest BCUT2D eigenvalue weighted by Crippen LogP contribution is 2.61. The molecule has 0 fully saturated rings. The Labute approximate surface area is 151 Å². The predicted octanol–water partition coefficient (Wildman–Crippen LogP) is 4.68. The Morgan fingerprint density at radius 2 is 1.69 bits per heavy atom. The molecule has 0 spiro atoms. The number of rotatable bonds is 9. The number of nitro groups is 1. The van der Waals surface area contributed by atoms with E-state index in [4.69, 9.17) is 9.05 Å². The van der Waals surface area contributed by atoms with Crippen molar-refractivity contribution in [2.75, 3.05) is 18.5 Å². The van der Waals surface area contributed by atoms with Gasteiger partial charge in [-0.05, 0) is 43.7 Å². The van der Waals surface area contributed by atoms with Crippen molar-refractivity contribution < 1.29 is 23.6 Å². The van der Waals surface area contributed by atoms with Crippen LogP contribution in [0.4, 0.5) is 11.4 Å². The number of phenolic OH excluding ortho intramolecular Hbond substituents is 1. The van der Waals surface area contributed by atoms with Gasteiger partial charge < -0.3 is 19.5 Å². The molecule has 9 heteroatoms. The number of non-ortho nitro benzene ring substituents is 1. The van der Waals surface area contributed by atoms with Crippen molar-refractivity contribution in [3.63, 3.8) is 0 Å². The number of benzene rings is 2. The summed E-state index contributed by atoms with van der Waals surface area (Å²) >= 11 is 0. The van der Waals surface area contributed by atoms with Gasteiger partial charge in [0, 0.05) is 12.1 Å². The maximum atomic E-state index is 13.3. The summed E-state index contributed by atoms with van der Waals surface area (Å²) in [4.78, 5) is 10.4. The fourth-order valence-corrected chi connectivity index (χ4v) is 4.34. The lowest BCUT2D eigenvalue weighted by Crippen LogP contribution is -2.15. The highest BCUT2D eigenvalue weighted by molar-refractivity contribution is 7.54. The van der Waals surface area contributed by atoms with Crippen molar-refractivity contribution in [1.82, 2.24) is 0 Å². The minimum absolute atomic E-state index is 0.0287. The van der Waals surface area contributed by atoms with Crippen LogP contribution in [0, 0.1) is 10.1 Å². The van der Waals surface area contributed by atoms with Crippen LogP contribution in [0.15, 0.2) is 48.5 Å². The highest BCUT2D eigenvalue weighted by atomic mass is 31.2. The fourth-order valence-electron chi connectivity index (χ4n) is 2.41. The summed E-state index contributed by atoms with van der Waals surface area (Å²) < 4.78 is 24.2. The van der Waals surface area contributed by atoms with Gasteiger partial charge in [0.1, 0.15) is 5.75 Å². The van der Waals surface area contributed by atoms with Crippen LogP contribution < -0.4 is 5.32 Å². The Morgan fingerprint density at radius 3 is 2.19 bits per heavy atom. The van der Waals surface area contributed by atoms with E-state index in [1.165, 1.54) is 30.3 Å². The van der Waals surface area contributed by atoms with Crippen LogP contribution in [0.5, 0.6) is 5.75 Å². The molecule has 0 aliphatic heterocycles. The van der Waals surface area contributed by atoms with E-state index in [0.717, 1.165) is 0 Å². The molecule has 0 aromatic heterocycles. The van der Waals surface area contributed by atoms with Crippen molar-refractivity contribution >= 4 is 19.0 Å². The molecule has 2 rings (SSSR count). The number of anilines is 1. The van der Waals surface area contributed by atoms with Crippen molar-refractivity contribution in [2.45, 2.75) is 19.6 Å². The van der Waals surface area contributed by atoms with Crippen molar-refractivity contribution in [2.24, 2.45) is 0 Å². The average Bonchev–Trinajstić information content (AvgIpc) is 2.61. The molecule has 0 aliphatic carbocycles. The molecular weight excluding hydrogens is 359 g/mol. The van der Waals surface area contributed by atoms with Gasteiger partial charge in [0.05, 0.1) is 23.8 Å². The molecule has 1 unspecified atom stereocenters. The Hall–Kier alpha value is -2.41. The van der Waals surface area contributed by atoms with E-state index in [-0.39, 0.29) is 24.7 Å². The van der Waals surface area contributed by atoms with Crippen LogP contribution in [0.1, 0.15) is 25.2 Å². The second-order valence-electron chi connectivity index (χ2n) is 5.29. The van der Waals surface area contributed by atoms with Crippen LogP contribution >= 0.6 is 7.60 Å². The Kier molecular flexibility index (Phi) is 6.74. The molecule has 0 heterocycles. The summed E-state index contributed by atoms with van der Waals surface area (Å²) in [6.07, 6.45) is 0. The van der Waals surface area contributed by atoms with Gasteiger partial charge in [-0.1, -0.05) is 12.1 Å². The third-order valence-corrected chi connectivity index (χ3v) is 5.85. The maximum Gasteiger partial charge on any atom is 0.357 e. The van der Waals surface area contributed by atoms with Crippen molar-refractivity contribution in [3.8, 4) is 5.75 Å². The fraction of sp³-hybridized carbons (Fsp3) is 0.294. The molecule has 0 aliphatic rings. The summed E-state index contributed by atoms with van der Waals surface area (Å²) in [5.41, 5.74) is 0.734. The van der Waals surface area contributed by atoms with Crippen LogP contribution in [-0.2, 0) is 13.6 Å². The first kappa shape index (κ1) is 19.9. The minimum Gasteiger partial charge on any atom is -0.506 e. The van der Waals surface area contributed by atoms with Crippen LogP contribution in [-0.4, -0.2) is 23.2 Å². The summed E-state index contributed by atoms with van der Waals surface area (Å²) in [5, 5.41) is 23.9. The first-order chi connectivity index (χ1) is 12.4. The summed E-state index contributed by atoms with van der Waals surface area (Å²) in [6, 6.07) is 12.1. The molecule has 26 heavy (non-hydrogen) atoms. The number of aromatic hydroxyl groups is 1. The molecule has 0 bridgehead atoms. The monoisotopic (exact) mass is 380 g/mol. The predicted molar refractivity (Wildman–Crippen MR) is 98.4 cm³/mol. The van der Waals surface area contributed by atoms with Gasteiger partial charge in [0.2, 0.25) is 0 Å². The second-order valence-corrected chi connectivity index (χ2v) is 7.40. The average molecular weight is 380 g/mol. The van der Waals surface area contributed by atoms with Crippen molar-refractivity contribution in [1.29, 1.82) is 0 Å². The van der Waals surface area contributed by atoms with Gasteiger partial charge in [0.25, 0.3) is 5.69 Å². The zero-order valence-electron chi connectivity index (χ0n) is 14.5. The number of nitrogens with zero attached hydrogens (tertiary/aromatic N) is 1. The van der Waals surface area contributed by atoms with Gasteiger partial charge in [-0.3, -0.25) is 14.7 Å². The number of hydrogen-bond donors (Lipinski definition) is 2. The highest BCUT2D eigenvalue weighted by Gasteiger charge is 2.37. The standard InChI is InChI=1S/C17H21N2O6P/c1-3-24-26(23,25-4-2)17(18-15-7-5-6-8-16(15)20)13-9-11-14(12-10-13)19(21)22/h5-12,17-18,20H,3-4H2,1-2H3. The lowest BCUT2D eigenvalue weighted by molar-refractivity contribution is -0.384. The van der Waals surface area contributed by atoms with Gasteiger partial charge in [0.15, 0.2) is 5.78 Å². The van der Waals surface area contributed by atoms with Gasteiger partial charge >= 0.3 is 7.60 Å². The van der Waals surface area contributed by atoms with Crippen LogP contribution in [0.25, 0.3) is 0 Å². The van der Waals surface area contributed by atoms with E-state index in [1.807, 2.05) is 0 Å². The third kappa shape index (κ3) is 4.60. The van der Waals surface area contributed by atoms with Gasteiger partial charge in [-0.2, -0.15) is 0 Å². The Bertz CT molecular complexity index is 786. The molecule has 0 amide bonds. The second kappa shape index (κ2) is 8.80. The number of nitro benzene ring substituents is 1. The molecule has 140 valence electrons. The van der Waals surface area contributed by atoms with E-state index in [1.54, 1.807) is 32.0 Å². The number of nitrogens with one attached hydrogen (secondary N) is 1. The molecule has 2 aromatic rings. The normalized spacial score (nSPS) is 12.5. The lowest BCUT2D eigenvalue weighted by atomic mass is 10.2. The van der Waals surface area contributed by atoms with E-state index < -0.39 is 18.3 Å². The van der Waals surface area contributed by atoms with Gasteiger partial charge in [-0.15, -0.1) is 0 Å². The van der Waals surface area contributed by atoms with Crippen LogP contribution in [0.3, 0.4) is 0 Å². The largest absolute Gasteiger partial charge is 0.506 e. The molecule has 2 N–H and O–H groups in total. The minimum atomic E-state index is -3.67. The summed E-state index contributed by atoms with van der Waals surface area (Å²) in [5.74, 6) is -0.976. The van der Waals surface area contributed by atoms with Crippen molar-refractivity contribution in [3.05, 3.63) is 64.2 Å². The number of phenols is 1. The molecule has 2 aromatic carbocycles. The SMILES string of the molecule is CCOP(=O)(OCC)C(Nc1ccccc1O)c1ccc([N+](=O)[O-])cc1. The number of para-hydroxylation sites is 2. The summed E-state index contributed by atoms with van der Waals surface area (Å²) in [6.45, 7) is 3.70. The summed E-state index contributed by atoms with van der Waals surface area (Å²) in [7, 11) is -3.67. The van der Waals surface area contributed by atoms with E-state index in [9.17, 15) is 19.8 Å². The first-order valence-electron chi connectivity index (χ1n) is 8.09. The van der Waals surface area contributed by atoms with Crippen LogP contribution in [0.2, 0.25) is 0 Å². The van der Waals surface area contributed by atoms with E-state index in [0.29, 0.717) is 11.3 Å². The molecule has 8 nitrogen and oxygen atoms in total. The molecule has 0 saturated heterocycles. The molecule has 0 radical (unpaired) electrons. The topological polar surface area (TPSA) is 111 Å². The smallest absolute Gasteiger partial charge is 0.357 e. The maximum absolute atomic E-state index is 13.3. The first-order valence-corrected chi connectivity index (χ1v) is 9.70. The quantitative estimate of drug-likeness (QED) is 0.281. The zero-order chi connectivity index (χ0) is 19.2. The molecule has 1 atom stereocenters. The lowest BCUT2D eigenvalue weighted by Gasteiger charge is -2.28. The molecular formula is C17H21N2O6P. The molecule has 0 saturated carbocycles. The van der Waals surface area contributed by atoms with Gasteiger partial charge in [-0.25, -0.2) is 0 Å². The Morgan fingerprint density at radius 1 is 1.12 bits per heavy atom.